The standard InChI is InChI=1S/C10H18N4S/c1-3-15-6-8(14-12)9-7(2)4-5-13-10(9)11/h4-5,8,14H,3,6,12H2,1-2H3,(H2,11,13). The number of pyridine rings is 1. The molecule has 1 aromatic heterocycles. The van der Waals surface area contributed by atoms with E-state index in [1.165, 1.54) is 0 Å². The third-order valence-electron chi connectivity index (χ3n) is 2.28. The fourth-order valence-electron chi connectivity index (χ4n) is 1.49. The summed E-state index contributed by atoms with van der Waals surface area (Å²) in [6.45, 7) is 4.14. The minimum absolute atomic E-state index is 0.0728. The Labute approximate surface area is 94.8 Å². The Hall–Kier alpha value is -0.780. The molecule has 5 N–H and O–H groups in total. The third-order valence-corrected chi connectivity index (χ3v) is 3.25. The first kappa shape index (κ1) is 12.3. The summed E-state index contributed by atoms with van der Waals surface area (Å²) in [6, 6.07) is 2.02. The van der Waals surface area contributed by atoms with E-state index in [-0.39, 0.29) is 6.04 Å². The fraction of sp³-hybridized carbons (Fsp3) is 0.500. The van der Waals surface area contributed by atoms with Gasteiger partial charge in [-0.25, -0.2) is 4.98 Å². The lowest BCUT2D eigenvalue weighted by molar-refractivity contribution is 0.607. The van der Waals surface area contributed by atoms with Crippen molar-refractivity contribution in [1.29, 1.82) is 0 Å². The van der Waals surface area contributed by atoms with Crippen molar-refractivity contribution in [2.24, 2.45) is 5.84 Å². The molecule has 5 heteroatoms. The van der Waals surface area contributed by atoms with E-state index in [2.05, 4.69) is 17.3 Å². The van der Waals surface area contributed by atoms with Crippen LogP contribution in [0.5, 0.6) is 0 Å². The molecule has 1 rings (SSSR count). The van der Waals surface area contributed by atoms with Gasteiger partial charge in [0.2, 0.25) is 0 Å². The molecule has 0 amide bonds. The number of rotatable bonds is 5. The van der Waals surface area contributed by atoms with Crippen molar-refractivity contribution in [3.05, 3.63) is 23.4 Å². The molecule has 0 aromatic carbocycles. The van der Waals surface area contributed by atoms with Crippen molar-refractivity contribution < 1.29 is 0 Å². The van der Waals surface area contributed by atoms with Crippen LogP contribution >= 0.6 is 11.8 Å². The highest BCUT2D eigenvalue weighted by molar-refractivity contribution is 7.99. The van der Waals surface area contributed by atoms with Gasteiger partial charge in [-0.2, -0.15) is 11.8 Å². The van der Waals surface area contributed by atoms with E-state index in [9.17, 15) is 0 Å². The Morgan fingerprint density at radius 3 is 2.87 bits per heavy atom. The van der Waals surface area contributed by atoms with Crippen LogP contribution in [-0.4, -0.2) is 16.5 Å². The molecule has 1 atom stereocenters. The third kappa shape index (κ3) is 3.09. The number of nitrogens with one attached hydrogen (secondary N) is 1. The minimum Gasteiger partial charge on any atom is -0.383 e. The monoisotopic (exact) mass is 226 g/mol. The molecule has 0 aliphatic carbocycles. The van der Waals surface area contributed by atoms with Crippen molar-refractivity contribution in [2.75, 3.05) is 17.2 Å². The van der Waals surface area contributed by atoms with E-state index >= 15 is 0 Å². The number of anilines is 1. The number of hydrogen-bond donors (Lipinski definition) is 3. The molecular formula is C10H18N4S. The number of hydrogen-bond acceptors (Lipinski definition) is 5. The van der Waals surface area contributed by atoms with Crippen LogP contribution in [0.4, 0.5) is 5.82 Å². The molecule has 0 spiro atoms. The SMILES string of the molecule is CCSCC(NN)c1c(C)ccnc1N. The maximum absolute atomic E-state index is 5.85. The number of nitrogens with two attached hydrogens (primary N) is 2. The zero-order chi connectivity index (χ0) is 11.3. The van der Waals surface area contributed by atoms with Crippen LogP contribution < -0.4 is 17.0 Å². The molecule has 0 aliphatic rings. The van der Waals surface area contributed by atoms with Gasteiger partial charge < -0.3 is 5.73 Å². The summed E-state index contributed by atoms with van der Waals surface area (Å²) >= 11 is 1.83. The maximum Gasteiger partial charge on any atom is 0.128 e. The molecule has 15 heavy (non-hydrogen) atoms. The number of nitrogen functional groups attached to an aromatic ring is 1. The highest BCUT2D eigenvalue weighted by Crippen LogP contribution is 2.24. The normalized spacial score (nSPS) is 12.7. The van der Waals surface area contributed by atoms with Gasteiger partial charge in [0.25, 0.3) is 0 Å². The van der Waals surface area contributed by atoms with E-state index < -0.39 is 0 Å². The van der Waals surface area contributed by atoms with Crippen LogP contribution in [-0.2, 0) is 0 Å². The predicted molar refractivity (Wildman–Crippen MR) is 66.4 cm³/mol. The second-order valence-corrected chi connectivity index (χ2v) is 4.62. The van der Waals surface area contributed by atoms with Gasteiger partial charge >= 0.3 is 0 Å². The van der Waals surface area contributed by atoms with Gasteiger partial charge in [-0.1, -0.05) is 6.92 Å². The van der Waals surface area contributed by atoms with Crippen LogP contribution in [0.1, 0.15) is 24.1 Å². The van der Waals surface area contributed by atoms with Crippen molar-refractivity contribution >= 4 is 17.6 Å². The summed E-state index contributed by atoms with van der Waals surface area (Å²) < 4.78 is 0. The van der Waals surface area contributed by atoms with Crippen molar-refractivity contribution in [1.82, 2.24) is 10.4 Å². The second kappa shape index (κ2) is 5.95. The number of aryl methyl sites for hydroxylation is 1. The van der Waals surface area contributed by atoms with Gasteiger partial charge in [0.1, 0.15) is 5.82 Å². The predicted octanol–water partition coefficient (Wildman–Crippen LogP) is 1.23. The highest BCUT2D eigenvalue weighted by atomic mass is 32.2. The lowest BCUT2D eigenvalue weighted by Crippen LogP contribution is -2.31. The Balaban J connectivity index is 2.90. The summed E-state index contributed by atoms with van der Waals surface area (Å²) in [5, 5.41) is 0. The van der Waals surface area contributed by atoms with Crippen LogP contribution in [0.15, 0.2) is 12.3 Å². The molecular weight excluding hydrogens is 208 g/mol. The van der Waals surface area contributed by atoms with Gasteiger partial charge in [0.05, 0.1) is 6.04 Å². The molecule has 0 aliphatic heterocycles. The van der Waals surface area contributed by atoms with Gasteiger partial charge in [-0.3, -0.25) is 11.3 Å². The first-order chi connectivity index (χ1) is 7.20. The van der Waals surface area contributed by atoms with Crippen LogP contribution in [0, 0.1) is 6.92 Å². The lowest BCUT2D eigenvalue weighted by Gasteiger charge is -2.19. The number of nitrogens with zero attached hydrogens (tertiary/aromatic N) is 1. The summed E-state index contributed by atoms with van der Waals surface area (Å²) in [5.41, 5.74) is 10.8. The molecule has 1 unspecified atom stereocenters. The van der Waals surface area contributed by atoms with E-state index in [4.69, 9.17) is 11.6 Å². The van der Waals surface area contributed by atoms with Gasteiger partial charge in [0, 0.05) is 17.5 Å². The smallest absolute Gasteiger partial charge is 0.128 e. The Morgan fingerprint density at radius 2 is 2.33 bits per heavy atom. The Kier molecular flexibility index (Phi) is 4.87. The van der Waals surface area contributed by atoms with E-state index in [1.54, 1.807) is 6.20 Å². The quantitative estimate of drug-likeness (QED) is 0.520. The van der Waals surface area contributed by atoms with E-state index in [0.717, 1.165) is 22.6 Å². The topological polar surface area (TPSA) is 77.0 Å². The van der Waals surface area contributed by atoms with Crippen LogP contribution in [0.2, 0.25) is 0 Å². The summed E-state index contributed by atoms with van der Waals surface area (Å²) in [6.07, 6.45) is 1.72. The van der Waals surface area contributed by atoms with Crippen molar-refractivity contribution in [2.45, 2.75) is 19.9 Å². The summed E-state index contributed by atoms with van der Waals surface area (Å²) in [7, 11) is 0. The molecule has 0 saturated heterocycles. The molecule has 0 radical (unpaired) electrons. The van der Waals surface area contributed by atoms with Gasteiger partial charge in [-0.05, 0) is 24.3 Å². The Bertz CT molecular complexity index is 296. The summed E-state index contributed by atoms with van der Waals surface area (Å²) in [5.74, 6) is 8.07. The number of hydrazine groups is 1. The van der Waals surface area contributed by atoms with Crippen molar-refractivity contribution in [3.63, 3.8) is 0 Å². The molecule has 1 heterocycles. The van der Waals surface area contributed by atoms with Gasteiger partial charge in [-0.15, -0.1) is 0 Å². The van der Waals surface area contributed by atoms with Crippen LogP contribution in [0.3, 0.4) is 0 Å². The number of thioether (sulfide) groups is 1. The zero-order valence-corrected chi connectivity index (χ0v) is 9.97. The average Bonchev–Trinajstić information content (AvgIpc) is 2.22. The molecule has 0 saturated carbocycles. The van der Waals surface area contributed by atoms with E-state index in [1.807, 2.05) is 24.8 Å². The molecule has 1 aromatic rings. The van der Waals surface area contributed by atoms with Gasteiger partial charge in [0.15, 0.2) is 0 Å². The second-order valence-electron chi connectivity index (χ2n) is 3.31. The minimum atomic E-state index is 0.0728. The summed E-state index contributed by atoms with van der Waals surface area (Å²) in [4.78, 5) is 4.09. The maximum atomic E-state index is 5.85. The molecule has 0 fully saturated rings. The Morgan fingerprint density at radius 1 is 1.60 bits per heavy atom. The first-order valence-corrected chi connectivity index (χ1v) is 6.11. The fourth-order valence-corrected chi connectivity index (χ4v) is 2.23. The first-order valence-electron chi connectivity index (χ1n) is 4.95. The van der Waals surface area contributed by atoms with E-state index in [0.29, 0.717) is 5.82 Å². The van der Waals surface area contributed by atoms with Crippen LogP contribution in [0.25, 0.3) is 0 Å². The molecule has 84 valence electrons. The van der Waals surface area contributed by atoms with Crippen molar-refractivity contribution in [3.8, 4) is 0 Å². The number of aromatic nitrogens is 1. The lowest BCUT2D eigenvalue weighted by atomic mass is 10.0. The highest BCUT2D eigenvalue weighted by Gasteiger charge is 2.15. The average molecular weight is 226 g/mol. The largest absolute Gasteiger partial charge is 0.383 e. The molecule has 0 bridgehead atoms. The zero-order valence-electron chi connectivity index (χ0n) is 9.16. The molecule has 4 nitrogen and oxygen atoms in total.